The lowest BCUT2D eigenvalue weighted by atomic mass is 9.48. The molecule has 2 nitrogen and oxygen atoms in total. The summed E-state index contributed by atoms with van der Waals surface area (Å²) < 4.78 is 14.4. The van der Waals surface area contributed by atoms with Crippen molar-refractivity contribution < 1.29 is 14.3 Å². The third kappa shape index (κ3) is 1.86. The van der Waals surface area contributed by atoms with Crippen molar-refractivity contribution in [2.75, 3.05) is 0 Å². The van der Waals surface area contributed by atoms with Gasteiger partial charge in [0.1, 0.15) is 0 Å². The molecule has 4 aliphatic rings. The highest BCUT2D eigenvalue weighted by Gasteiger charge is 2.60. The number of aliphatic hydroxyl groups excluding tert-OH is 1. The van der Waals surface area contributed by atoms with Crippen LogP contribution in [-0.4, -0.2) is 17.0 Å². The molecule has 3 heteroatoms. The van der Waals surface area contributed by atoms with Crippen molar-refractivity contribution in [1.29, 1.82) is 0 Å². The Kier molecular flexibility index (Phi) is 3.23. The predicted octanol–water partition coefficient (Wildman–Crippen LogP) is 4.20. The van der Waals surface area contributed by atoms with Gasteiger partial charge in [-0.25, -0.2) is 4.39 Å². The Balaban J connectivity index is 1.73. The van der Waals surface area contributed by atoms with Crippen LogP contribution in [0.3, 0.4) is 0 Å². The predicted molar refractivity (Wildman–Crippen MR) is 87.2 cm³/mol. The van der Waals surface area contributed by atoms with Gasteiger partial charge in [-0.15, -0.1) is 0 Å². The molecule has 3 fully saturated rings. The van der Waals surface area contributed by atoms with Crippen LogP contribution < -0.4 is 0 Å². The first-order valence-corrected chi connectivity index (χ1v) is 9.10. The van der Waals surface area contributed by atoms with Gasteiger partial charge in [0.15, 0.2) is 5.83 Å². The zero-order valence-electron chi connectivity index (χ0n) is 14.3. The van der Waals surface area contributed by atoms with E-state index in [0.29, 0.717) is 30.1 Å². The van der Waals surface area contributed by atoms with Gasteiger partial charge in [-0.05, 0) is 72.8 Å². The van der Waals surface area contributed by atoms with E-state index in [9.17, 15) is 14.3 Å². The number of carbonyl (C=O) groups is 1. The van der Waals surface area contributed by atoms with Gasteiger partial charge in [-0.1, -0.05) is 26.8 Å². The summed E-state index contributed by atoms with van der Waals surface area (Å²) in [5, 5.41) is 10.7. The van der Waals surface area contributed by atoms with Crippen molar-refractivity contribution in [3.05, 3.63) is 23.6 Å². The van der Waals surface area contributed by atoms with E-state index in [1.165, 1.54) is 6.08 Å². The van der Waals surface area contributed by atoms with E-state index < -0.39 is 11.6 Å². The maximum Gasteiger partial charge on any atom is 0.213 e. The Bertz CT molecular complexity index is 621. The zero-order valence-corrected chi connectivity index (χ0v) is 14.3. The first-order valence-electron chi connectivity index (χ1n) is 9.10. The number of hydrogen-bond donors (Lipinski definition) is 1. The van der Waals surface area contributed by atoms with E-state index in [-0.39, 0.29) is 16.9 Å². The molecule has 0 spiro atoms. The molecule has 0 saturated heterocycles. The second kappa shape index (κ2) is 4.78. The van der Waals surface area contributed by atoms with E-state index >= 15 is 0 Å². The molecule has 23 heavy (non-hydrogen) atoms. The zero-order chi connectivity index (χ0) is 16.6. The van der Waals surface area contributed by atoms with Crippen LogP contribution in [0.25, 0.3) is 0 Å². The van der Waals surface area contributed by atoms with Crippen LogP contribution in [0.2, 0.25) is 0 Å². The molecule has 0 unspecified atom stereocenters. The fourth-order valence-corrected chi connectivity index (χ4v) is 6.62. The number of hydrogen-bond acceptors (Lipinski definition) is 2. The number of aliphatic hydroxyl groups is 1. The third-order valence-electron chi connectivity index (χ3n) is 7.93. The number of carbonyl (C=O) groups excluding carboxylic acids is 1. The molecule has 0 aromatic carbocycles. The summed E-state index contributed by atoms with van der Waals surface area (Å²) in [5.74, 6) is 0.861. The molecule has 0 amide bonds. The molecule has 0 aromatic heterocycles. The summed E-state index contributed by atoms with van der Waals surface area (Å²) in [6.07, 6.45) is 7.98. The average Bonchev–Trinajstić information content (AvgIpc) is 2.75. The van der Waals surface area contributed by atoms with Gasteiger partial charge in [-0.2, -0.15) is 0 Å². The summed E-state index contributed by atoms with van der Waals surface area (Å²) >= 11 is 0. The molecule has 7 atom stereocenters. The van der Waals surface area contributed by atoms with Crippen LogP contribution in [0.1, 0.15) is 52.9 Å². The van der Waals surface area contributed by atoms with E-state index in [4.69, 9.17) is 0 Å². The van der Waals surface area contributed by atoms with Crippen molar-refractivity contribution >= 4 is 5.78 Å². The Morgan fingerprint density at radius 2 is 2.00 bits per heavy atom. The quantitative estimate of drug-likeness (QED) is 0.727. The van der Waals surface area contributed by atoms with Gasteiger partial charge in [-0.3, -0.25) is 4.79 Å². The van der Waals surface area contributed by atoms with E-state index in [0.717, 1.165) is 31.3 Å². The molecule has 0 aliphatic heterocycles. The van der Waals surface area contributed by atoms with Crippen molar-refractivity contribution in [2.45, 2.75) is 59.0 Å². The van der Waals surface area contributed by atoms with Gasteiger partial charge < -0.3 is 5.11 Å². The molecular weight excluding hydrogens is 291 g/mol. The van der Waals surface area contributed by atoms with E-state index in [2.05, 4.69) is 20.8 Å². The molecular formula is C20H27FO2. The molecule has 3 saturated carbocycles. The Labute approximate surface area is 137 Å². The summed E-state index contributed by atoms with van der Waals surface area (Å²) in [6, 6.07) is 0. The number of rotatable bonds is 0. The molecule has 0 aromatic rings. The minimum Gasteiger partial charge on any atom is -0.392 e. The molecule has 0 radical (unpaired) electrons. The van der Waals surface area contributed by atoms with E-state index in [1.54, 1.807) is 0 Å². The van der Waals surface area contributed by atoms with Gasteiger partial charge >= 0.3 is 0 Å². The lowest BCUT2D eigenvalue weighted by molar-refractivity contribution is -0.113. The standard InChI is InChI=1S/C20H27FO2/c1-11-10-15-12-4-5-14-17(21)16(22)7-9-19(14,2)13(12)6-8-20(15,3)18(11)23/h7,9,11-13,15,18,23H,4-6,8,10H2,1-3H3/t11-,12+,13-,15-,18+,19+,20-/m0/s1. The maximum absolute atomic E-state index is 14.4. The van der Waals surface area contributed by atoms with Crippen LogP contribution in [0.5, 0.6) is 0 Å². The molecule has 0 bridgehead atoms. The highest BCUT2D eigenvalue weighted by atomic mass is 19.1. The topological polar surface area (TPSA) is 37.3 Å². The highest BCUT2D eigenvalue weighted by molar-refractivity contribution is 6.04. The lowest BCUT2D eigenvalue weighted by Gasteiger charge is -2.56. The molecule has 126 valence electrons. The fraction of sp³-hybridized carbons (Fsp3) is 0.750. The number of halogens is 1. The number of fused-ring (bicyclic) bond motifs is 5. The second-order valence-electron chi connectivity index (χ2n) is 8.89. The minimum absolute atomic E-state index is 0.0188. The third-order valence-corrected chi connectivity index (χ3v) is 7.93. The largest absolute Gasteiger partial charge is 0.392 e. The average molecular weight is 318 g/mol. The Morgan fingerprint density at radius 1 is 1.26 bits per heavy atom. The molecule has 4 rings (SSSR count). The van der Waals surface area contributed by atoms with Crippen molar-refractivity contribution in [3.8, 4) is 0 Å². The van der Waals surface area contributed by atoms with Crippen molar-refractivity contribution in [3.63, 3.8) is 0 Å². The molecule has 0 heterocycles. The fourth-order valence-electron chi connectivity index (χ4n) is 6.62. The number of allylic oxidation sites excluding steroid dienone is 4. The summed E-state index contributed by atoms with van der Waals surface area (Å²) in [7, 11) is 0. The van der Waals surface area contributed by atoms with Gasteiger partial charge in [0.2, 0.25) is 5.78 Å². The Hall–Kier alpha value is -0.960. The SMILES string of the molecule is C[C@H]1C[C@H]2[C@@H]3CCC4=C(F)C(=O)C=C[C@]4(C)[C@H]3CC[C@]2(C)[C@@H]1O. The van der Waals surface area contributed by atoms with Crippen LogP contribution in [0.4, 0.5) is 4.39 Å². The van der Waals surface area contributed by atoms with Crippen molar-refractivity contribution in [2.24, 2.45) is 34.5 Å². The smallest absolute Gasteiger partial charge is 0.213 e. The summed E-state index contributed by atoms with van der Waals surface area (Å²) in [5.41, 5.74) is 0.450. The van der Waals surface area contributed by atoms with Crippen LogP contribution in [0.15, 0.2) is 23.6 Å². The van der Waals surface area contributed by atoms with Crippen molar-refractivity contribution in [1.82, 2.24) is 0 Å². The highest BCUT2D eigenvalue weighted by Crippen LogP contribution is 2.65. The monoisotopic (exact) mass is 318 g/mol. The lowest BCUT2D eigenvalue weighted by Crippen LogP contribution is -2.50. The Morgan fingerprint density at radius 3 is 2.74 bits per heavy atom. The van der Waals surface area contributed by atoms with Crippen LogP contribution >= 0.6 is 0 Å². The van der Waals surface area contributed by atoms with Crippen LogP contribution in [-0.2, 0) is 4.79 Å². The maximum atomic E-state index is 14.4. The number of ketones is 1. The molecule has 1 N–H and O–H groups in total. The first-order chi connectivity index (χ1) is 10.8. The van der Waals surface area contributed by atoms with Gasteiger partial charge in [0.25, 0.3) is 0 Å². The second-order valence-corrected chi connectivity index (χ2v) is 8.89. The van der Waals surface area contributed by atoms with Gasteiger partial charge in [0, 0.05) is 5.41 Å². The summed E-state index contributed by atoms with van der Waals surface area (Å²) in [6.45, 7) is 6.55. The summed E-state index contributed by atoms with van der Waals surface area (Å²) in [4.78, 5) is 11.7. The normalized spacial score (nSPS) is 52.2. The molecule has 4 aliphatic carbocycles. The van der Waals surface area contributed by atoms with Crippen LogP contribution in [0, 0.1) is 34.5 Å². The minimum atomic E-state index is -0.499. The van der Waals surface area contributed by atoms with Gasteiger partial charge in [0.05, 0.1) is 6.10 Å². The first kappa shape index (κ1) is 15.6. The van der Waals surface area contributed by atoms with E-state index in [1.807, 2.05) is 6.08 Å².